The monoisotopic (exact) mass is 230 g/mol. The fourth-order valence-electron chi connectivity index (χ4n) is 1.66. The van der Waals surface area contributed by atoms with Gasteiger partial charge in [-0.05, 0) is 42.0 Å². The van der Waals surface area contributed by atoms with E-state index < -0.39 is 0 Å². The molecule has 0 amide bonds. The van der Waals surface area contributed by atoms with E-state index >= 15 is 0 Å². The van der Waals surface area contributed by atoms with Gasteiger partial charge >= 0.3 is 0 Å². The number of phenolic OH excluding ortho intramolecular Hbond substituents is 1. The van der Waals surface area contributed by atoms with E-state index in [2.05, 4.69) is 18.4 Å². The topological polar surface area (TPSA) is 20.2 Å². The Morgan fingerprint density at radius 1 is 1.06 bits per heavy atom. The van der Waals surface area contributed by atoms with E-state index in [1.54, 1.807) is 11.8 Å². The maximum atomic E-state index is 9.72. The summed E-state index contributed by atoms with van der Waals surface area (Å²) in [6.45, 7) is 1.90. The van der Waals surface area contributed by atoms with Crippen LogP contribution in [-0.2, 0) is 0 Å². The van der Waals surface area contributed by atoms with E-state index in [4.69, 9.17) is 0 Å². The first-order valence-electron chi connectivity index (χ1n) is 5.15. The van der Waals surface area contributed by atoms with Crippen molar-refractivity contribution in [2.45, 2.75) is 11.8 Å². The number of benzene rings is 2. The summed E-state index contributed by atoms with van der Waals surface area (Å²) in [4.78, 5) is 1.23. The lowest BCUT2D eigenvalue weighted by atomic mass is 10.0. The highest BCUT2D eigenvalue weighted by molar-refractivity contribution is 7.98. The molecule has 2 heteroatoms. The van der Waals surface area contributed by atoms with Crippen LogP contribution >= 0.6 is 11.8 Å². The van der Waals surface area contributed by atoms with Gasteiger partial charge in [-0.15, -0.1) is 11.8 Å². The highest BCUT2D eigenvalue weighted by Crippen LogP contribution is 2.32. The summed E-state index contributed by atoms with van der Waals surface area (Å²) in [6.07, 6.45) is 2.06. The molecule has 0 atom stereocenters. The van der Waals surface area contributed by atoms with Crippen LogP contribution in [0.4, 0.5) is 0 Å². The molecule has 0 spiro atoms. The number of thioether (sulfide) groups is 1. The molecule has 82 valence electrons. The van der Waals surface area contributed by atoms with Gasteiger partial charge in [-0.3, -0.25) is 0 Å². The van der Waals surface area contributed by atoms with Gasteiger partial charge in [-0.25, -0.2) is 0 Å². The van der Waals surface area contributed by atoms with E-state index in [0.29, 0.717) is 5.75 Å². The van der Waals surface area contributed by atoms with E-state index in [0.717, 1.165) is 11.1 Å². The van der Waals surface area contributed by atoms with Crippen LogP contribution in [0, 0.1) is 6.92 Å². The molecule has 0 aromatic heterocycles. The highest BCUT2D eigenvalue weighted by atomic mass is 32.2. The second kappa shape index (κ2) is 4.62. The fraction of sp³-hybridized carbons (Fsp3) is 0.143. The Balaban J connectivity index is 2.54. The number of aryl methyl sites for hydroxylation is 1. The zero-order valence-corrected chi connectivity index (χ0v) is 10.2. The van der Waals surface area contributed by atoms with Gasteiger partial charge in [0.15, 0.2) is 0 Å². The Bertz CT molecular complexity index is 506. The standard InChI is InChI=1S/C14H14OS/c1-10-7-8-11(9-13(10)15)12-5-3-4-6-14(12)16-2/h3-9,15H,1-2H3. The lowest BCUT2D eigenvalue weighted by Crippen LogP contribution is -1.83. The number of hydrogen-bond acceptors (Lipinski definition) is 2. The third-order valence-corrected chi connectivity index (χ3v) is 3.42. The SMILES string of the molecule is CSc1ccccc1-c1ccc(C)c(O)c1. The fourth-order valence-corrected chi connectivity index (χ4v) is 2.28. The van der Waals surface area contributed by atoms with Crippen LogP contribution in [0.2, 0.25) is 0 Å². The average Bonchev–Trinajstić information content (AvgIpc) is 2.32. The quantitative estimate of drug-likeness (QED) is 0.784. The lowest BCUT2D eigenvalue weighted by molar-refractivity contribution is 0.471. The van der Waals surface area contributed by atoms with Gasteiger partial charge in [0.05, 0.1) is 0 Å². The Morgan fingerprint density at radius 3 is 2.50 bits per heavy atom. The third-order valence-electron chi connectivity index (χ3n) is 2.63. The molecule has 2 rings (SSSR count). The van der Waals surface area contributed by atoms with Crippen molar-refractivity contribution in [3.05, 3.63) is 48.0 Å². The first-order valence-corrected chi connectivity index (χ1v) is 6.38. The minimum absolute atomic E-state index is 0.355. The van der Waals surface area contributed by atoms with Crippen LogP contribution in [-0.4, -0.2) is 11.4 Å². The first kappa shape index (κ1) is 11.1. The van der Waals surface area contributed by atoms with Crippen molar-refractivity contribution in [3.8, 4) is 16.9 Å². The molecule has 0 radical (unpaired) electrons. The smallest absolute Gasteiger partial charge is 0.119 e. The normalized spacial score (nSPS) is 10.4. The van der Waals surface area contributed by atoms with Crippen LogP contribution < -0.4 is 0 Å². The van der Waals surface area contributed by atoms with Crippen LogP contribution in [0.25, 0.3) is 11.1 Å². The van der Waals surface area contributed by atoms with Crippen molar-refractivity contribution in [2.75, 3.05) is 6.26 Å². The van der Waals surface area contributed by atoms with Gasteiger partial charge in [0.1, 0.15) is 5.75 Å². The van der Waals surface area contributed by atoms with E-state index in [-0.39, 0.29) is 0 Å². The zero-order valence-electron chi connectivity index (χ0n) is 9.40. The molecule has 0 aliphatic rings. The van der Waals surface area contributed by atoms with Gasteiger partial charge in [-0.1, -0.05) is 30.3 Å². The molecular weight excluding hydrogens is 216 g/mol. The Morgan fingerprint density at radius 2 is 1.81 bits per heavy atom. The molecular formula is C14H14OS. The number of aromatic hydroxyl groups is 1. The van der Waals surface area contributed by atoms with Gasteiger partial charge in [0.25, 0.3) is 0 Å². The number of phenols is 1. The average molecular weight is 230 g/mol. The Kier molecular flexibility index (Phi) is 3.20. The van der Waals surface area contributed by atoms with Crippen LogP contribution in [0.1, 0.15) is 5.56 Å². The molecule has 0 heterocycles. The van der Waals surface area contributed by atoms with Crippen molar-refractivity contribution < 1.29 is 5.11 Å². The van der Waals surface area contributed by atoms with Crippen molar-refractivity contribution >= 4 is 11.8 Å². The molecule has 0 aliphatic carbocycles. The van der Waals surface area contributed by atoms with Crippen molar-refractivity contribution in [2.24, 2.45) is 0 Å². The number of hydrogen-bond donors (Lipinski definition) is 1. The first-order chi connectivity index (χ1) is 7.72. The van der Waals surface area contributed by atoms with E-state index in [1.807, 2.05) is 37.3 Å². The van der Waals surface area contributed by atoms with Gasteiger partial charge < -0.3 is 5.11 Å². The summed E-state index contributed by atoms with van der Waals surface area (Å²) < 4.78 is 0. The summed E-state index contributed by atoms with van der Waals surface area (Å²) in [6, 6.07) is 14.0. The molecule has 1 N–H and O–H groups in total. The van der Waals surface area contributed by atoms with Gasteiger partial charge in [-0.2, -0.15) is 0 Å². The van der Waals surface area contributed by atoms with Gasteiger partial charge in [0.2, 0.25) is 0 Å². The summed E-state index contributed by atoms with van der Waals surface area (Å²) in [5, 5.41) is 9.72. The summed E-state index contributed by atoms with van der Waals surface area (Å²) >= 11 is 1.72. The predicted octanol–water partition coefficient (Wildman–Crippen LogP) is 4.09. The van der Waals surface area contributed by atoms with Crippen molar-refractivity contribution in [1.82, 2.24) is 0 Å². The molecule has 0 fully saturated rings. The zero-order chi connectivity index (χ0) is 11.5. The minimum Gasteiger partial charge on any atom is -0.508 e. The molecule has 16 heavy (non-hydrogen) atoms. The molecule has 0 bridgehead atoms. The second-order valence-electron chi connectivity index (χ2n) is 3.70. The molecule has 0 unspecified atom stereocenters. The summed E-state index contributed by atoms with van der Waals surface area (Å²) in [5.74, 6) is 0.355. The summed E-state index contributed by atoms with van der Waals surface area (Å²) in [7, 11) is 0. The molecule has 0 aliphatic heterocycles. The number of rotatable bonds is 2. The lowest BCUT2D eigenvalue weighted by Gasteiger charge is -2.08. The van der Waals surface area contributed by atoms with Crippen molar-refractivity contribution in [1.29, 1.82) is 0 Å². The Labute approximate surface area is 100 Å². The van der Waals surface area contributed by atoms with Crippen LogP contribution in [0.5, 0.6) is 5.75 Å². The molecule has 2 aromatic carbocycles. The molecule has 2 aromatic rings. The minimum atomic E-state index is 0.355. The van der Waals surface area contributed by atoms with Crippen LogP contribution in [0.3, 0.4) is 0 Å². The highest BCUT2D eigenvalue weighted by Gasteiger charge is 2.05. The van der Waals surface area contributed by atoms with E-state index in [9.17, 15) is 5.11 Å². The molecule has 0 saturated carbocycles. The van der Waals surface area contributed by atoms with Crippen LogP contribution in [0.15, 0.2) is 47.4 Å². The molecule has 0 saturated heterocycles. The van der Waals surface area contributed by atoms with Gasteiger partial charge in [0, 0.05) is 4.90 Å². The second-order valence-corrected chi connectivity index (χ2v) is 4.55. The maximum absolute atomic E-state index is 9.72. The largest absolute Gasteiger partial charge is 0.508 e. The predicted molar refractivity (Wildman–Crippen MR) is 70.1 cm³/mol. The van der Waals surface area contributed by atoms with Crippen molar-refractivity contribution in [3.63, 3.8) is 0 Å². The summed E-state index contributed by atoms with van der Waals surface area (Å²) in [5.41, 5.74) is 3.14. The Hall–Kier alpha value is -1.41. The van der Waals surface area contributed by atoms with E-state index in [1.165, 1.54) is 10.5 Å². The third kappa shape index (κ3) is 2.07. The maximum Gasteiger partial charge on any atom is 0.119 e. The molecule has 1 nitrogen and oxygen atoms in total.